The van der Waals surface area contributed by atoms with E-state index in [1.54, 1.807) is 0 Å². The molecular formula is C36H56O9. The zero-order chi connectivity index (χ0) is 33.3. The van der Waals surface area contributed by atoms with Crippen LogP contribution < -0.4 is 0 Å². The van der Waals surface area contributed by atoms with E-state index < -0.39 is 66.1 Å². The molecule has 5 aliphatic rings. The third-order valence-electron chi connectivity index (χ3n) is 13.5. The Morgan fingerprint density at radius 3 is 2.33 bits per heavy atom. The fourth-order valence-corrected chi connectivity index (χ4v) is 10.6. The maximum Gasteiger partial charge on any atom is 0.306 e. The van der Waals surface area contributed by atoms with Gasteiger partial charge in [-0.1, -0.05) is 51.8 Å². The van der Waals surface area contributed by atoms with Crippen LogP contribution in [0.4, 0.5) is 0 Å². The van der Waals surface area contributed by atoms with Crippen LogP contribution in [0.1, 0.15) is 106 Å². The van der Waals surface area contributed by atoms with Crippen molar-refractivity contribution in [1.82, 2.24) is 0 Å². The van der Waals surface area contributed by atoms with Crippen LogP contribution in [0.2, 0.25) is 0 Å². The Morgan fingerprint density at radius 2 is 1.71 bits per heavy atom. The van der Waals surface area contributed by atoms with Gasteiger partial charge in [0.15, 0.2) is 6.29 Å². The second-order valence-corrected chi connectivity index (χ2v) is 16.3. The summed E-state index contributed by atoms with van der Waals surface area (Å²) in [6, 6.07) is 0. The molecule has 0 amide bonds. The number of hydrogen-bond donors (Lipinski definition) is 5. The molecule has 0 aromatic carbocycles. The molecule has 254 valence electrons. The number of carboxylic acids is 1. The number of carboxylic acid groups (broad SMARTS) is 1. The van der Waals surface area contributed by atoms with Gasteiger partial charge in [0.05, 0.1) is 18.6 Å². The van der Waals surface area contributed by atoms with Crippen molar-refractivity contribution in [2.24, 2.45) is 39.4 Å². The summed E-state index contributed by atoms with van der Waals surface area (Å²) in [6.45, 7) is 14.4. The Labute approximate surface area is 268 Å². The van der Waals surface area contributed by atoms with Crippen LogP contribution in [0.25, 0.3) is 0 Å². The highest BCUT2D eigenvalue weighted by Crippen LogP contribution is 2.72. The second-order valence-electron chi connectivity index (χ2n) is 16.3. The predicted octanol–water partition coefficient (Wildman–Crippen LogP) is 4.55. The molecule has 9 nitrogen and oxygen atoms in total. The molecule has 2 saturated carbocycles. The highest BCUT2D eigenvalue weighted by molar-refractivity contribution is 5.86. The summed E-state index contributed by atoms with van der Waals surface area (Å²) in [7, 11) is 0. The van der Waals surface area contributed by atoms with Gasteiger partial charge < -0.3 is 35.0 Å². The van der Waals surface area contributed by atoms with E-state index in [0.717, 1.165) is 44.1 Å². The molecule has 12 atom stereocenters. The molecule has 0 radical (unpaired) electrons. The minimum atomic E-state index is -1.56. The molecule has 1 aliphatic heterocycles. The van der Waals surface area contributed by atoms with Gasteiger partial charge in [0.1, 0.15) is 30.2 Å². The first-order chi connectivity index (χ1) is 20.9. The topological polar surface area (TPSA) is 154 Å². The SMILES string of the molecule is CC(C)=CCCC(C(=O)O)C1CCC2(C)C3=C(CCC12C)C1(C)CCC(=O)C(C)(C)C1CC3OC1OC(CO)C(O)C(O)C1O. The first-order valence-corrected chi connectivity index (χ1v) is 17.0. The van der Waals surface area contributed by atoms with Crippen molar-refractivity contribution in [3.8, 4) is 0 Å². The molecule has 0 aromatic rings. The van der Waals surface area contributed by atoms with Crippen molar-refractivity contribution in [3.05, 3.63) is 22.8 Å². The van der Waals surface area contributed by atoms with E-state index in [2.05, 4.69) is 26.8 Å². The fourth-order valence-electron chi connectivity index (χ4n) is 10.6. The molecule has 9 heteroatoms. The van der Waals surface area contributed by atoms with Crippen molar-refractivity contribution >= 4 is 11.8 Å². The lowest BCUT2D eigenvalue weighted by Gasteiger charge is -2.62. The van der Waals surface area contributed by atoms with E-state index in [9.17, 15) is 35.1 Å². The van der Waals surface area contributed by atoms with Crippen LogP contribution in [0, 0.1) is 39.4 Å². The summed E-state index contributed by atoms with van der Waals surface area (Å²) in [5, 5.41) is 52.3. The van der Waals surface area contributed by atoms with Gasteiger partial charge in [0.2, 0.25) is 0 Å². The van der Waals surface area contributed by atoms with E-state index in [-0.39, 0.29) is 28.4 Å². The Balaban J connectivity index is 1.59. The third kappa shape index (κ3) is 5.38. The molecule has 0 aromatic heterocycles. The summed E-state index contributed by atoms with van der Waals surface area (Å²) >= 11 is 0. The van der Waals surface area contributed by atoms with Gasteiger partial charge in [-0.2, -0.15) is 0 Å². The molecule has 5 rings (SSSR count). The average Bonchev–Trinajstić information content (AvgIpc) is 3.24. The number of aliphatic hydroxyl groups excluding tert-OH is 4. The number of aliphatic carboxylic acids is 1. The second kappa shape index (κ2) is 12.1. The summed E-state index contributed by atoms with van der Waals surface area (Å²) in [4.78, 5) is 26.1. The lowest BCUT2D eigenvalue weighted by atomic mass is 9.43. The van der Waals surface area contributed by atoms with Gasteiger partial charge in [-0.3, -0.25) is 9.59 Å². The van der Waals surface area contributed by atoms with Gasteiger partial charge in [0, 0.05) is 11.8 Å². The predicted molar refractivity (Wildman–Crippen MR) is 168 cm³/mol. The van der Waals surface area contributed by atoms with Crippen LogP contribution in [0.5, 0.6) is 0 Å². The maximum absolute atomic E-state index is 13.3. The molecule has 3 fully saturated rings. The number of Topliss-reactive ketones (excluding diaryl/α,β-unsaturated/α-hetero) is 1. The molecule has 5 N–H and O–H groups in total. The van der Waals surface area contributed by atoms with Crippen LogP contribution in [0.15, 0.2) is 22.8 Å². The minimum Gasteiger partial charge on any atom is -0.481 e. The summed E-state index contributed by atoms with van der Waals surface area (Å²) in [6.07, 6.45) is 0.898. The number of rotatable bonds is 8. The van der Waals surface area contributed by atoms with Crippen LogP contribution >= 0.6 is 0 Å². The average molecular weight is 633 g/mol. The zero-order valence-electron chi connectivity index (χ0n) is 28.2. The fraction of sp³-hybridized carbons (Fsp3) is 0.833. The standard InChI is InChI=1S/C36H56O9/c1-19(2)9-8-10-20(31(42)43)21-11-16-36(7)27-22(12-15-35(21,36)6)34(5)14-13-26(38)33(3,4)25(34)17-23(27)44-32-30(41)29(40)28(39)24(18-37)45-32/h9,20-21,23-25,28-30,32,37,39-41H,8,10-18H2,1-7H3,(H,42,43). The van der Waals surface area contributed by atoms with E-state index in [1.165, 1.54) is 11.1 Å². The van der Waals surface area contributed by atoms with Crippen LogP contribution in [-0.2, 0) is 19.1 Å². The third-order valence-corrected chi connectivity index (χ3v) is 13.5. The summed E-state index contributed by atoms with van der Waals surface area (Å²) in [5.74, 6) is -1.04. The maximum atomic E-state index is 13.3. The number of hydrogen-bond acceptors (Lipinski definition) is 8. The molecule has 1 saturated heterocycles. The monoisotopic (exact) mass is 632 g/mol. The number of ketones is 1. The number of aliphatic hydroxyl groups is 4. The van der Waals surface area contributed by atoms with Crippen molar-refractivity contribution in [2.45, 2.75) is 143 Å². The van der Waals surface area contributed by atoms with Gasteiger partial charge in [-0.05, 0) is 98.9 Å². The Kier molecular flexibility index (Phi) is 9.35. The minimum absolute atomic E-state index is 0.0255. The van der Waals surface area contributed by atoms with Crippen molar-refractivity contribution in [2.75, 3.05) is 6.61 Å². The van der Waals surface area contributed by atoms with Gasteiger partial charge in [0.25, 0.3) is 0 Å². The number of allylic oxidation sites excluding steroid dienone is 3. The summed E-state index contributed by atoms with van der Waals surface area (Å²) in [5.41, 5.74) is 2.08. The molecule has 12 unspecified atom stereocenters. The smallest absolute Gasteiger partial charge is 0.306 e. The van der Waals surface area contributed by atoms with Crippen molar-refractivity contribution in [1.29, 1.82) is 0 Å². The van der Waals surface area contributed by atoms with Gasteiger partial charge in [-0.15, -0.1) is 0 Å². The van der Waals surface area contributed by atoms with E-state index in [1.807, 2.05) is 27.7 Å². The van der Waals surface area contributed by atoms with E-state index >= 15 is 0 Å². The molecule has 4 aliphatic carbocycles. The van der Waals surface area contributed by atoms with Gasteiger partial charge >= 0.3 is 5.97 Å². The number of fused-ring (bicyclic) bond motifs is 4. The molecule has 45 heavy (non-hydrogen) atoms. The Bertz CT molecular complexity index is 1230. The normalized spacial score (nSPS) is 44.9. The molecule has 1 heterocycles. The lowest BCUT2D eigenvalue weighted by molar-refractivity contribution is -0.312. The van der Waals surface area contributed by atoms with Crippen LogP contribution in [0.3, 0.4) is 0 Å². The molecule has 0 bridgehead atoms. The lowest BCUT2D eigenvalue weighted by Crippen LogP contribution is -2.61. The highest BCUT2D eigenvalue weighted by atomic mass is 16.7. The van der Waals surface area contributed by atoms with E-state index in [4.69, 9.17) is 9.47 Å². The van der Waals surface area contributed by atoms with Crippen LogP contribution in [-0.4, -0.2) is 80.7 Å². The number of ether oxygens (including phenoxy) is 2. The van der Waals surface area contributed by atoms with E-state index in [0.29, 0.717) is 19.3 Å². The highest BCUT2D eigenvalue weighted by Gasteiger charge is 2.66. The molecule has 0 spiro atoms. The first-order valence-electron chi connectivity index (χ1n) is 17.0. The quantitative estimate of drug-likeness (QED) is 0.243. The summed E-state index contributed by atoms with van der Waals surface area (Å²) < 4.78 is 12.6. The molecular weight excluding hydrogens is 576 g/mol. The van der Waals surface area contributed by atoms with Crippen molar-refractivity contribution < 1.29 is 44.6 Å². The largest absolute Gasteiger partial charge is 0.481 e. The number of carbonyl (C=O) groups excluding carboxylic acids is 1. The first kappa shape index (κ1) is 34.7. The number of carbonyl (C=O) groups is 2. The van der Waals surface area contributed by atoms with Gasteiger partial charge in [-0.25, -0.2) is 0 Å². The Hall–Kier alpha value is -1.62. The van der Waals surface area contributed by atoms with Crippen molar-refractivity contribution in [3.63, 3.8) is 0 Å². The Morgan fingerprint density at radius 1 is 1.02 bits per heavy atom. The zero-order valence-corrected chi connectivity index (χ0v) is 28.2.